The normalized spacial score (nSPS) is 13.2. The predicted octanol–water partition coefficient (Wildman–Crippen LogP) is 3.38. The minimum Gasteiger partial charge on any atom is -0.489 e. The van der Waals surface area contributed by atoms with Gasteiger partial charge in [-0.1, -0.05) is 45.0 Å². The number of para-hydroxylation sites is 1. The molecule has 23 heavy (non-hydrogen) atoms. The Hall–Kier alpha value is -2.43. The van der Waals surface area contributed by atoms with Gasteiger partial charge < -0.3 is 4.74 Å². The molecule has 1 aromatic heterocycles. The molecule has 5 heteroatoms. The Balaban J connectivity index is 2.06. The summed E-state index contributed by atoms with van der Waals surface area (Å²) in [6.45, 7) is 8.10. The average Bonchev–Trinajstić information content (AvgIpc) is 3.01. The summed E-state index contributed by atoms with van der Waals surface area (Å²) in [5.74, 6) is 0.923. The van der Waals surface area contributed by atoms with E-state index < -0.39 is 11.5 Å². The molecule has 2 aromatic rings. The van der Waals surface area contributed by atoms with E-state index in [1.165, 1.54) is 6.33 Å². The maximum Gasteiger partial charge on any atom is 0.166 e. The molecular formula is C18H23N3O2. The number of rotatable bonds is 6. The highest BCUT2D eigenvalue weighted by atomic mass is 16.5. The topological polar surface area (TPSA) is 57.0 Å². The van der Waals surface area contributed by atoms with Crippen molar-refractivity contribution in [1.29, 1.82) is 0 Å². The third-order valence-electron chi connectivity index (χ3n) is 3.48. The number of allylic oxidation sites excluding steroid dienone is 1. The smallest absolute Gasteiger partial charge is 0.166 e. The van der Waals surface area contributed by atoms with Gasteiger partial charge in [-0.15, -0.1) is 0 Å². The molecule has 0 saturated heterocycles. The van der Waals surface area contributed by atoms with Crippen LogP contribution in [0.1, 0.15) is 32.4 Å². The van der Waals surface area contributed by atoms with Crippen molar-refractivity contribution in [2.45, 2.75) is 33.7 Å². The molecule has 0 spiro atoms. The number of hydrogen-bond donors (Lipinski definition) is 0. The first-order chi connectivity index (χ1) is 10.9. The van der Waals surface area contributed by atoms with Gasteiger partial charge in [0.1, 0.15) is 31.1 Å². The third kappa shape index (κ3) is 4.52. The first-order valence-electron chi connectivity index (χ1n) is 7.63. The third-order valence-corrected chi connectivity index (χ3v) is 3.48. The number of Topliss-reactive ketones (excluding diaryl/α,β-unsaturated/α-hetero) is 1. The van der Waals surface area contributed by atoms with E-state index in [2.05, 4.69) is 10.1 Å². The van der Waals surface area contributed by atoms with E-state index in [0.717, 1.165) is 11.3 Å². The van der Waals surface area contributed by atoms with Gasteiger partial charge in [0.25, 0.3) is 0 Å². The second-order valence-corrected chi connectivity index (χ2v) is 6.44. The maximum absolute atomic E-state index is 12.6. The van der Waals surface area contributed by atoms with Crippen LogP contribution in [0.5, 0.6) is 5.75 Å². The molecule has 0 aliphatic carbocycles. The second-order valence-electron chi connectivity index (χ2n) is 6.44. The van der Waals surface area contributed by atoms with Crippen molar-refractivity contribution in [3.05, 3.63) is 54.6 Å². The summed E-state index contributed by atoms with van der Waals surface area (Å²) in [7, 11) is 0. The van der Waals surface area contributed by atoms with Gasteiger partial charge in [-0.3, -0.25) is 4.79 Å². The Morgan fingerprint density at radius 3 is 2.70 bits per heavy atom. The summed E-state index contributed by atoms with van der Waals surface area (Å²) < 4.78 is 7.29. The maximum atomic E-state index is 12.6. The fraction of sp³-hybridized carbons (Fsp3) is 0.389. The Labute approximate surface area is 137 Å². The molecular weight excluding hydrogens is 290 g/mol. The molecule has 5 nitrogen and oxygen atoms in total. The van der Waals surface area contributed by atoms with Gasteiger partial charge in [-0.2, -0.15) is 5.10 Å². The van der Waals surface area contributed by atoms with Crippen molar-refractivity contribution in [1.82, 2.24) is 14.8 Å². The zero-order valence-electron chi connectivity index (χ0n) is 14.1. The van der Waals surface area contributed by atoms with Crippen molar-refractivity contribution in [3.8, 4) is 5.75 Å². The van der Waals surface area contributed by atoms with Gasteiger partial charge >= 0.3 is 0 Å². The van der Waals surface area contributed by atoms with Crippen molar-refractivity contribution in [3.63, 3.8) is 0 Å². The van der Waals surface area contributed by atoms with Crippen molar-refractivity contribution in [2.75, 3.05) is 6.61 Å². The van der Waals surface area contributed by atoms with Crippen LogP contribution in [0.25, 0.3) is 0 Å². The van der Waals surface area contributed by atoms with Gasteiger partial charge in [-0.25, -0.2) is 9.67 Å². The quantitative estimate of drug-likeness (QED) is 0.767. The molecule has 0 aliphatic rings. The van der Waals surface area contributed by atoms with Gasteiger partial charge in [0.2, 0.25) is 0 Å². The fourth-order valence-corrected chi connectivity index (χ4v) is 2.14. The Morgan fingerprint density at radius 1 is 1.35 bits per heavy atom. The van der Waals surface area contributed by atoms with E-state index in [1.807, 2.05) is 64.1 Å². The van der Waals surface area contributed by atoms with Crippen LogP contribution in [0.2, 0.25) is 0 Å². The van der Waals surface area contributed by atoms with E-state index in [-0.39, 0.29) is 5.78 Å². The molecule has 2 rings (SSSR count). The van der Waals surface area contributed by atoms with Crippen molar-refractivity contribution >= 4 is 5.78 Å². The van der Waals surface area contributed by atoms with Gasteiger partial charge in [0, 0.05) is 5.41 Å². The zero-order valence-corrected chi connectivity index (χ0v) is 14.1. The van der Waals surface area contributed by atoms with Crippen LogP contribution in [0.3, 0.4) is 0 Å². The summed E-state index contributed by atoms with van der Waals surface area (Å²) in [4.78, 5) is 16.5. The van der Waals surface area contributed by atoms with Crippen LogP contribution in [-0.2, 0) is 4.79 Å². The number of ketones is 1. The molecule has 0 saturated carbocycles. The minimum atomic E-state index is -0.474. The van der Waals surface area contributed by atoms with E-state index in [9.17, 15) is 4.79 Å². The molecule has 122 valence electrons. The lowest BCUT2D eigenvalue weighted by molar-refractivity contribution is -0.128. The largest absolute Gasteiger partial charge is 0.489 e. The summed E-state index contributed by atoms with van der Waals surface area (Å²) >= 11 is 0. The van der Waals surface area contributed by atoms with Gasteiger partial charge in [-0.05, 0) is 24.6 Å². The SMILES string of the molecule is Cc1ccccc1OC/C=C/C(C(=O)C(C)(C)C)n1cncn1. The van der Waals surface area contributed by atoms with Crippen LogP contribution < -0.4 is 4.74 Å². The van der Waals surface area contributed by atoms with Crippen LogP contribution in [0.15, 0.2) is 49.1 Å². The number of hydrogen-bond acceptors (Lipinski definition) is 4. The molecule has 0 radical (unpaired) electrons. The van der Waals surface area contributed by atoms with Crippen molar-refractivity contribution in [2.24, 2.45) is 5.41 Å². The van der Waals surface area contributed by atoms with Crippen LogP contribution in [-0.4, -0.2) is 27.2 Å². The molecule has 0 aliphatic heterocycles. The summed E-state index contributed by atoms with van der Waals surface area (Å²) in [5.41, 5.74) is 0.622. The summed E-state index contributed by atoms with van der Waals surface area (Å²) in [6.07, 6.45) is 6.66. The van der Waals surface area contributed by atoms with E-state index in [4.69, 9.17) is 4.74 Å². The lowest BCUT2D eigenvalue weighted by Crippen LogP contribution is -2.29. The van der Waals surface area contributed by atoms with Crippen molar-refractivity contribution < 1.29 is 9.53 Å². The molecule has 0 N–H and O–H groups in total. The molecule has 1 aromatic carbocycles. The zero-order chi connectivity index (χ0) is 16.9. The molecule has 1 heterocycles. The first-order valence-corrected chi connectivity index (χ1v) is 7.63. The van der Waals surface area contributed by atoms with Crippen LogP contribution in [0.4, 0.5) is 0 Å². The number of benzene rings is 1. The molecule has 0 fully saturated rings. The lowest BCUT2D eigenvalue weighted by atomic mass is 9.86. The summed E-state index contributed by atoms with van der Waals surface area (Å²) in [6, 6.07) is 7.37. The molecule has 1 atom stereocenters. The number of carbonyl (C=O) groups excluding carboxylic acids is 1. The monoisotopic (exact) mass is 313 g/mol. The number of ether oxygens (including phenoxy) is 1. The highest BCUT2D eigenvalue weighted by Gasteiger charge is 2.29. The highest BCUT2D eigenvalue weighted by Crippen LogP contribution is 2.24. The number of carbonyl (C=O) groups is 1. The number of aromatic nitrogens is 3. The number of nitrogens with zero attached hydrogens (tertiary/aromatic N) is 3. The van der Waals surface area contributed by atoms with Gasteiger partial charge in [0.15, 0.2) is 5.78 Å². The minimum absolute atomic E-state index is 0.0788. The lowest BCUT2D eigenvalue weighted by Gasteiger charge is -2.22. The van der Waals surface area contributed by atoms with E-state index in [0.29, 0.717) is 6.61 Å². The molecule has 1 unspecified atom stereocenters. The highest BCUT2D eigenvalue weighted by molar-refractivity contribution is 5.88. The molecule has 0 amide bonds. The molecule has 0 bridgehead atoms. The van der Waals surface area contributed by atoms with Crippen LogP contribution >= 0.6 is 0 Å². The Kier molecular flexibility index (Phi) is 5.32. The fourth-order valence-electron chi connectivity index (χ4n) is 2.14. The predicted molar refractivity (Wildman–Crippen MR) is 89.3 cm³/mol. The first kappa shape index (κ1) is 16.9. The Bertz CT molecular complexity index is 670. The standard InChI is InChI=1S/C18H23N3O2/c1-14-8-5-6-10-16(14)23-11-7-9-15(17(22)18(2,3)4)21-13-19-12-20-21/h5-10,12-13,15H,11H2,1-4H3/b9-7+. The van der Waals surface area contributed by atoms with E-state index >= 15 is 0 Å². The second kappa shape index (κ2) is 7.22. The average molecular weight is 313 g/mol. The van der Waals surface area contributed by atoms with E-state index in [1.54, 1.807) is 11.0 Å². The van der Waals surface area contributed by atoms with Crippen LogP contribution in [0, 0.1) is 12.3 Å². The van der Waals surface area contributed by atoms with Gasteiger partial charge in [0.05, 0.1) is 0 Å². The Morgan fingerprint density at radius 2 is 2.09 bits per heavy atom. The summed E-state index contributed by atoms with van der Waals surface area (Å²) in [5, 5.41) is 4.09. The number of aryl methyl sites for hydroxylation is 1.